The number of nitrogens with one attached hydrogen (secondary N) is 1. The molecule has 0 aliphatic rings. The van der Waals surface area contributed by atoms with Gasteiger partial charge >= 0.3 is 6.18 Å². The number of nitrogens with zero attached hydrogens (tertiary/aromatic N) is 3. The van der Waals surface area contributed by atoms with Gasteiger partial charge in [-0.25, -0.2) is 15.0 Å². The number of hydrogen-bond donors (Lipinski definition) is 1. The summed E-state index contributed by atoms with van der Waals surface area (Å²) in [6, 6.07) is 4.17. The highest BCUT2D eigenvalue weighted by atomic mass is 35.5. The highest BCUT2D eigenvalue weighted by Crippen LogP contribution is 2.29. The van der Waals surface area contributed by atoms with Gasteiger partial charge in [0.25, 0.3) is 0 Å². The molecule has 5 nitrogen and oxygen atoms in total. The van der Waals surface area contributed by atoms with Crippen molar-refractivity contribution in [3.8, 4) is 5.88 Å². The van der Waals surface area contributed by atoms with E-state index in [-0.39, 0.29) is 12.4 Å². The Morgan fingerprint density at radius 3 is 2.62 bits per heavy atom. The third-order valence-corrected chi connectivity index (χ3v) is 2.64. The summed E-state index contributed by atoms with van der Waals surface area (Å²) >= 11 is 5.49. The zero-order valence-electron chi connectivity index (χ0n) is 10.8. The normalized spacial score (nSPS) is 11.3. The van der Waals surface area contributed by atoms with E-state index in [4.69, 9.17) is 16.3 Å². The van der Waals surface area contributed by atoms with Crippen LogP contribution < -0.4 is 10.1 Å². The van der Waals surface area contributed by atoms with Crippen molar-refractivity contribution in [2.24, 2.45) is 0 Å². The molecular formula is C12H10ClF3N4O. The quantitative estimate of drug-likeness (QED) is 0.877. The van der Waals surface area contributed by atoms with Gasteiger partial charge in [0, 0.05) is 24.9 Å². The van der Waals surface area contributed by atoms with E-state index in [0.717, 1.165) is 11.6 Å². The molecule has 0 radical (unpaired) electrons. The van der Waals surface area contributed by atoms with Crippen LogP contribution in [0.5, 0.6) is 5.88 Å². The van der Waals surface area contributed by atoms with Crippen molar-refractivity contribution in [2.45, 2.75) is 12.7 Å². The second-order valence-corrected chi connectivity index (χ2v) is 4.31. The van der Waals surface area contributed by atoms with E-state index in [0.29, 0.717) is 5.88 Å². The van der Waals surface area contributed by atoms with E-state index in [1.807, 2.05) is 0 Å². The van der Waals surface area contributed by atoms with Crippen molar-refractivity contribution in [1.82, 2.24) is 15.0 Å². The Labute approximate surface area is 123 Å². The average Bonchev–Trinajstić information content (AvgIpc) is 2.44. The minimum absolute atomic E-state index is 0.0156. The molecule has 0 spiro atoms. The predicted octanol–water partition coefficient (Wildman–Crippen LogP) is 3.16. The molecule has 2 heterocycles. The number of halogens is 4. The molecule has 9 heteroatoms. The summed E-state index contributed by atoms with van der Waals surface area (Å²) in [7, 11) is 1.49. The first kappa shape index (κ1) is 15.3. The van der Waals surface area contributed by atoms with Crippen LogP contribution >= 0.6 is 11.6 Å². The molecule has 112 valence electrons. The Bertz CT molecular complexity index is 619. The molecule has 1 N–H and O–H groups in total. The molecule has 0 atom stereocenters. The molecule has 2 aromatic rings. The van der Waals surface area contributed by atoms with Gasteiger partial charge < -0.3 is 10.1 Å². The van der Waals surface area contributed by atoms with Gasteiger partial charge in [-0.2, -0.15) is 13.2 Å². The van der Waals surface area contributed by atoms with Crippen molar-refractivity contribution < 1.29 is 17.9 Å². The lowest BCUT2D eigenvalue weighted by molar-refractivity contribution is -0.141. The van der Waals surface area contributed by atoms with E-state index in [2.05, 4.69) is 20.3 Å². The van der Waals surface area contributed by atoms with E-state index in [1.54, 1.807) is 18.3 Å². The molecule has 0 saturated carbocycles. The zero-order chi connectivity index (χ0) is 15.5. The molecule has 0 aromatic carbocycles. The van der Waals surface area contributed by atoms with E-state index in [1.165, 1.54) is 7.11 Å². The number of anilines is 1. The summed E-state index contributed by atoms with van der Waals surface area (Å²) in [6.45, 7) is 0.238. The smallest absolute Gasteiger partial charge is 0.433 e. The Morgan fingerprint density at radius 2 is 2.05 bits per heavy atom. The van der Waals surface area contributed by atoms with Gasteiger partial charge in [0.1, 0.15) is 5.82 Å². The topological polar surface area (TPSA) is 59.9 Å². The zero-order valence-corrected chi connectivity index (χ0v) is 11.5. The molecule has 0 fully saturated rings. The minimum Gasteiger partial charge on any atom is -0.481 e. The fourth-order valence-corrected chi connectivity index (χ4v) is 1.66. The Balaban J connectivity index is 2.10. The molecule has 0 unspecified atom stereocenters. The molecule has 0 amide bonds. The van der Waals surface area contributed by atoms with Gasteiger partial charge in [-0.3, -0.25) is 0 Å². The SMILES string of the molecule is COc1ccc(CNc2cc(C(F)(F)F)nc(Cl)n2)cn1. The lowest BCUT2D eigenvalue weighted by Crippen LogP contribution is -2.11. The molecule has 2 rings (SSSR count). The molecule has 0 bridgehead atoms. The van der Waals surface area contributed by atoms with Crippen LogP contribution in [-0.2, 0) is 12.7 Å². The first-order chi connectivity index (χ1) is 9.88. The Kier molecular flexibility index (Phi) is 4.46. The van der Waals surface area contributed by atoms with E-state index < -0.39 is 17.2 Å². The summed E-state index contributed by atoms with van der Waals surface area (Å²) in [5.74, 6) is 0.432. The number of rotatable bonds is 4. The number of pyridine rings is 1. The number of ether oxygens (including phenoxy) is 1. The molecular weight excluding hydrogens is 309 g/mol. The standard InChI is InChI=1S/C12H10ClF3N4O/c1-21-10-3-2-7(6-18-10)5-17-9-4-8(12(14,15)16)19-11(13)20-9/h2-4,6H,5H2,1H3,(H,17,19,20). The summed E-state index contributed by atoms with van der Waals surface area (Å²) in [5, 5.41) is 2.26. The van der Waals surface area contributed by atoms with Crippen LogP contribution in [0.2, 0.25) is 5.28 Å². The lowest BCUT2D eigenvalue weighted by atomic mass is 10.3. The lowest BCUT2D eigenvalue weighted by Gasteiger charge is -2.10. The second kappa shape index (κ2) is 6.13. The van der Waals surface area contributed by atoms with Crippen molar-refractivity contribution in [3.05, 3.63) is 40.9 Å². The first-order valence-corrected chi connectivity index (χ1v) is 6.11. The summed E-state index contributed by atoms with van der Waals surface area (Å²) in [6.07, 6.45) is -3.04. The van der Waals surface area contributed by atoms with Crippen molar-refractivity contribution >= 4 is 17.4 Å². The van der Waals surface area contributed by atoms with Gasteiger partial charge in [0.15, 0.2) is 5.69 Å². The number of aromatic nitrogens is 3. The fraction of sp³-hybridized carbons (Fsp3) is 0.250. The summed E-state index contributed by atoms with van der Waals surface area (Å²) in [4.78, 5) is 10.8. The van der Waals surface area contributed by atoms with Gasteiger partial charge in [-0.1, -0.05) is 6.07 Å². The summed E-state index contributed by atoms with van der Waals surface area (Å²) < 4.78 is 42.7. The first-order valence-electron chi connectivity index (χ1n) is 5.73. The molecule has 0 saturated heterocycles. The number of methoxy groups -OCH3 is 1. The number of hydrogen-bond acceptors (Lipinski definition) is 5. The van der Waals surface area contributed by atoms with Crippen LogP contribution in [0.4, 0.5) is 19.0 Å². The molecule has 0 aliphatic heterocycles. The van der Waals surface area contributed by atoms with E-state index in [9.17, 15) is 13.2 Å². The van der Waals surface area contributed by atoms with Gasteiger partial charge in [0.2, 0.25) is 11.2 Å². The van der Waals surface area contributed by atoms with Crippen LogP contribution in [0.15, 0.2) is 24.4 Å². The predicted molar refractivity (Wildman–Crippen MR) is 70.2 cm³/mol. The maximum Gasteiger partial charge on any atom is 0.433 e. The van der Waals surface area contributed by atoms with E-state index >= 15 is 0 Å². The van der Waals surface area contributed by atoms with Crippen LogP contribution in [0, 0.1) is 0 Å². The van der Waals surface area contributed by atoms with Gasteiger partial charge in [-0.15, -0.1) is 0 Å². The Hall–Kier alpha value is -2.09. The summed E-state index contributed by atoms with van der Waals surface area (Å²) in [5.41, 5.74) is -0.350. The van der Waals surface area contributed by atoms with Crippen LogP contribution in [0.1, 0.15) is 11.3 Å². The maximum absolute atomic E-state index is 12.6. The van der Waals surface area contributed by atoms with Crippen LogP contribution in [0.3, 0.4) is 0 Å². The molecule has 21 heavy (non-hydrogen) atoms. The molecule has 0 aliphatic carbocycles. The Morgan fingerprint density at radius 1 is 1.29 bits per heavy atom. The van der Waals surface area contributed by atoms with Gasteiger partial charge in [-0.05, 0) is 17.2 Å². The highest BCUT2D eigenvalue weighted by molar-refractivity contribution is 6.28. The minimum atomic E-state index is -4.58. The highest BCUT2D eigenvalue weighted by Gasteiger charge is 2.33. The maximum atomic E-state index is 12.6. The number of alkyl halides is 3. The van der Waals surface area contributed by atoms with Crippen molar-refractivity contribution in [1.29, 1.82) is 0 Å². The second-order valence-electron chi connectivity index (χ2n) is 3.97. The van der Waals surface area contributed by atoms with Crippen LogP contribution in [-0.4, -0.2) is 22.1 Å². The van der Waals surface area contributed by atoms with Crippen molar-refractivity contribution in [3.63, 3.8) is 0 Å². The fourth-order valence-electron chi connectivity index (χ4n) is 1.48. The third kappa shape index (κ3) is 4.19. The third-order valence-electron chi connectivity index (χ3n) is 2.47. The largest absolute Gasteiger partial charge is 0.481 e. The molecule has 2 aromatic heterocycles. The van der Waals surface area contributed by atoms with Crippen molar-refractivity contribution in [2.75, 3.05) is 12.4 Å². The monoisotopic (exact) mass is 318 g/mol. The average molecular weight is 319 g/mol. The van der Waals surface area contributed by atoms with Gasteiger partial charge in [0.05, 0.1) is 7.11 Å². The van der Waals surface area contributed by atoms with Crippen LogP contribution in [0.25, 0.3) is 0 Å².